The maximum atomic E-state index is 5.94. The minimum absolute atomic E-state index is 0.419. The first-order chi connectivity index (χ1) is 8.63. The normalized spacial score (nSPS) is 10.9. The molecule has 3 N–H and O–H groups in total. The van der Waals surface area contributed by atoms with E-state index in [1.165, 1.54) is 0 Å². The Hall–Kier alpha value is -1.97. The molecule has 1 heterocycles. The molecule has 1 aromatic carbocycles. The van der Waals surface area contributed by atoms with E-state index in [0.717, 1.165) is 17.1 Å². The average molecular weight is 245 g/mol. The first-order valence-corrected chi connectivity index (χ1v) is 6.20. The third-order valence-corrected chi connectivity index (χ3v) is 2.81. The van der Waals surface area contributed by atoms with Crippen molar-refractivity contribution in [2.24, 2.45) is 0 Å². The number of hydrogen-bond donors (Lipinski definition) is 2. The average Bonchev–Trinajstić information content (AvgIpc) is 2.81. The van der Waals surface area contributed by atoms with Crippen molar-refractivity contribution in [3.63, 3.8) is 0 Å². The predicted molar refractivity (Wildman–Crippen MR) is 73.7 cm³/mol. The van der Waals surface area contributed by atoms with Gasteiger partial charge in [-0.1, -0.05) is 19.9 Å². The van der Waals surface area contributed by atoms with E-state index in [1.54, 1.807) is 0 Å². The van der Waals surface area contributed by atoms with Crippen LogP contribution in [0.2, 0.25) is 0 Å². The summed E-state index contributed by atoms with van der Waals surface area (Å²) in [6.45, 7) is 6.77. The zero-order valence-corrected chi connectivity index (χ0v) is 11.0. The Morgan fingerprint density at radius 3 is 2.78 bits per heavy atom. The van der Waals surface area contributed by atoms with Gasteiger partial charge in [-0.3, -0.25) is 0 Å². The Labute approximate surface area is 107 Å². The molecular formula is C14H19N3O. The molecule has 0 saturated heterocycles. The molecule has 0 unspecified atom stereocenters. The van der Waals surface area contributed by atoms with Crippen LogP contribution in [-0.4, -0.2) is 16.6 Å². The number of nitrogens with one attached hydrogen (secondary N) is 1. The Kier molecular flexibility index (Phi) is 3.55. The van der Waals surface area contributed by atoms with Crippen LogP contribution < -0.4 is 10.5 Å². The second kappa shape index (κ2) is 5.12. The monoisotopic (exact) mass is 245 g/mol. The van der Waals surface area contributed by atoms with Gasteiger partial charge >= 0.3 is 0 Å². The molecule has 0 aliphatic carbocycles. The highest BCUT2D eigenvalue weighted by Crippen LogP contribution is 2.33. The number of ether oxygens (including phenoxy) is 1. The highest BCUT2D eigenvalue weighted by Gasteiger charge is 2.13. The highest BCUT2D eigenvalue weighted by atomic mass is 16.5. The lowest BCUT2D eigenvalue weighted by atomic mass is 10.1. The molecule has 0 atom stereocenters. The first-order valence-electron chi connectivity index (χ1n) is 6.20. The fourth-order valence-electron chi connectivity index (χ4n) is 1.81. The lowest BCUT2D eigenvalue weighted by Gasteiger charge is -2.11. The van der Waals surface area contributed by atoms with Crippen LogP contribution >= 0.6 is 0 Å². The zero-order chi connectivity index (χ0) is 13.1. The summed E-state index contributed by atoms with van der Waals surface area (Å²) >= 11 is 0. The van der Waals surface area contributed by atoms with Gasteiger partial charge in [-0.25, -0.2) is 4.98 Å². The van der Waals surface area contributed by atoms with Gasteiger partial charge < -0.3 is 15.5 Å². The molecule has 0 radical (unpaired) electrons. The van der Waals surface area contributed by atoms with Gasteiger partial charge in [0.2, 0.25) is 0 Å². The van der Waals surface area contributed by atoms with Gasteiger partial charge in [0.25, 0.3) is 0 Å². The van der Waals surface area contributed by atoms with Crippen molar-refractivity contribution in [3.8, 4) is 17.1 Å². The molecule has 18 heavy (non-hydrogen) atoms. The molecule has 0 aliphatic rings. The number of nitrogens with zero attached hydrogens (tertiary/aromatic N) is 1. The third-order valence-electron chi connectivity index (χ3n) is 2.81. The van der Waals surface area contributed by atoms with Crippen molar-refractivity contribution >= 4 is 5.69 Å². The van der Waals surface area contributed by atoms with Crippen molar-refractivity contribution in [2.45, 2.75) is 26.7 Å². The topological polar surface area (TPSA) is 63.9 Å². The number of rotatable bonds is 4. The summed E-state index contributed by atoms with van der Waals surface area (Å²) in [4.78, 5) is 7.71. The molecule has 4 heteroatoms. The molecule has 2 rings (SSSR count). The summed E-state index contributed by atoms with van der Waals surface area (Å²) in [5.74, 6) is 1.92. The van der Waals surface area contributed by atoms with Crippen LogP contribution in [0.1, 0.15) is 32.4 Å². The van der Waals surface area contributed by atoms with Crippen molar-refractivity contribution in [3.05, 3.63) is 30.1 Å². The molecular weight excluding hydrogens is 226 g/mol. The van der Waals surface area contributed by atoms with Gasteiger partial charge in [-0.2, -0.15) is 0 Å². The van der Waals surface area contributed by atoms with E-state index < -0.39 is 0 Å². The zero-order valence-electron chi connectivity index (χ0n) is 11.0. The number of imidazole rings is 1. The highest BCUT2D eigenvalue weighted by molar-refractivity contribution is 5.73. The van der Waals surface area contributed by atoms with Gasteiger partial charge in [-0.15, -0.1) is 0 Å². The van der Waals surface area contributed by atoms with Crippen LogP contribution in [0.5, 0.6) is 5.75 Å². The molecule has 2 aromatic rings. The Morgan fingerprint density at radius 1 is 1.39 bits per heavy atom. The van der Waals surface area contributed by atoms with E-state index in [2.05, 4.69) is 23.8 Å². The third kappa shape index (κ3) is 2.32. The molecule has 4 nitrogen and oxygen atoms in total. The molecule has 0 fully saturated rings. The number of anilines is 1. The molecule has 0 bridgehead atoms. The summed E-state index contributed by atoms with van der Waals surface area (Å²) in [5.41, 5.74) is 8.59. The second-order valence-corrected chi connectivity index (χ2v) is 4.50. The maximum absolute atomic E-state index is 5.94. The lowest BCUT2D eigenvalue weighted by Crippen LogP contribution is -1.99. The van der Waals surface area contributed by atoms with E-state index in [1.807, 2.05) is 31.3 Å². The first kappa shape index (κ1) is 12.5. The Balaban J connectivity index is 2.45. The van der Waals surface area contributed by atoms with Crippen molar-refractivity contribution in [2.75, 3.05) is 12.3 Å². The number of aromatic nitrogens is 2. The van der Waals surface area contributed by atoms with Crippen LogP contribution in [0.3, 0.4) is 0 Å². The largest absolute Gasteiger partial charge is 0.491 e. The number of benzene rings is 1. The molecule has 96 valence electrons. The van der Waals surface area contributed by atoms with Gasteiger partial charge in [-0.05, 0) is 25.0 Å². The summed E-state index contributed by atoms with van der Waals surface area (Å²) in [6.07, 6.45) is 1.86. The van der Waals surface area contributed by atoms with E-state index in [4.69, 9.17) is 10.5 Å². The van der Waals surface area contributed by atoms with E-state index in [9.17, 15) is 0 Å². The maximum Gasteiger partial charge on any atom is 0.153 e. The molecule has 1 aromatic heterocycles. The number of hydrogen-bond acceptors (Lipinski definition) is 3. The number of H-pyrrole nitrogens is 1. The summed E-state index contributed by atoms with van der Waals surface area (Å²) in [5, 5.41) is 0. The van der Waals surface area contributed by atoms with E-state index in [-0.39, 0.29) is 0 Å². The number of nitrogens with two attached hydrogens (primary N) is 1. The molecule has 0 aliphatic heterocycles. The van der Waals surface area contributed by atoms with Gasteiger partial charge in [0.05, 0.1) is 17.9 Å². The summed E-state index contributed by atoms with van der Waals surface area (Å²) < 4.78 is 5.61. The number of para-hydroxylation sites is 1. The lowest BCUT2D eigenvalue weighted by molar-refractivity contribution is 0.343. The Bertz CT molecular complexity index is 532. The summed E-state index contributed by atoms with van der Waals surface area (Å²) in [6, 6.07) is 5.70. The minimum atomic E-state index is 0.419. The van der Waals surface area contributed by atoms with Crippen LogP contribution in [0.4, 0.5) is 5.69 Å². The van der Waals surface area contributed by atoms with Crippen molar-refractivity contribution in [1.29, 1.82) is 0 Å². The summed E-state index contributed by atoms with van der Waals surface area (Å²) in [7, 11) is 0. The smallest absolute Gasteiger partial charge is 0.153 e. The van der Waals surface area contributed by atoms with Crippen molar-refractivity contribution < 1.29 is 4.74 Å². The molecule has 0 saturated carbocycles. The standard InChI is InChI=1S/C14H19N3O/c1-4-18-13-10(6-5-7-11(13)15)14-16-8-12(17-14)9(2)3/h5-9H,4,15H2,1-3H3,(H,16,17). The van der Waals surface area contributed by atoms with Crippen LogP contribution in [-0.2, 0) is 0 Å². The Morgan fingerprint density at radius 2 is 2.17 bits per heavy atom. The number of aromatic amines is 1. The molecule has 0 amide bonds. The minimum Gasteiger partial charge on any atom is -0.491 e. The SMILES string of the molecule is CCOc1c(N)cccc1-c1ncc(C(C)C)[nH]1. The second-order valence-electron chi connectivity index (χ2n) is 4.50. The predicted octanol–water partition coefficient (Wildman–Crippen LogP) is 3.18. The van der Waals surface area contributed by atoms with E-state index in [0.29, 0.717) is 24.0 Å². The fourth-order valence-corrected chi connectivity index (χ4v) is 1.81. The van der Waals surface area contributed by atoms with Crippen LogP contribution in [0, 0.1) is 0 Å². The van der Waals surface area contributed by atoms with Crippen molar-refractivity contribution in [1.82, 2.24) is 9.97 Å². The number of nitrogen functional groups attached to an aromatic ring is 1. The van der Waals surface area contributed by atoms with Gasteiger partial charge in [0, 0.05) is 11.9 Å². The van der Waals surface area contributed by atoms with Gasteiger partial charge in [0.1, 0.15) is 5.82 Å². The van der Waals surface area contributed by atoms with Crippen LogP contribution in [0.25, 0.3) is 11.4 Å². The van der Waals surface area contributed by atoms with Gasteiger partial charge in [0.15, 0.2) is 5.75 Å². The van der Waals surface area contributed by atoms with Crippen LogP contribution in [0.15, 0.2) is 24.4 Å². The molecule has 0 spiro atoms. The fraction of sp³-hybridized carbons (Fsp3) is 0.357. The van der Waals surface area contributed by atoms with E-state index >= 15 is 0 Å². The quantitative estimate of drug-likeness (QED) is 0.813.